The fraction of sp³-hybridized carbons (Fsp3) is 0.217. The van der Waals surface area contributed by atoms with E-state index in [0.29, 0.717) is 13.2 Å². The molecule has 1 N–H and O–H groups in total. The van der Waals surface area contributed by atoms with E-state index in [1.807, 2.05) is 55.5 Å². The number of hydrogen-bond donors (Lipinski definition) is 1. The van der Waals surface area contributed by atoms with E-state index >= 15 is 0 Å². The van der Waals surface area contributed by atoms with Gasteiger partial charge in [-0.15, -0.1) is 0 Å². The molecule has 0 unspecified atom stereocenters. The van der Waals surface area contributed by atoms with Crippen LogP contribution in [0.2, 0.25) is 0 Å². The van der Waals surface area contributed by atoms with Gasteiger partial charge in [-0.05, 0) is 66.9 Å². The van der Waals surface area contributed by atoms with Crippen LogP contribution >= 0.6 is 15.9 Å². The lowest BCUT2D eigenvalue weighted by Gasteiger charge is -2.15. The second-order valence-corrected chi connectivity index (χ2v) is 7.21. The zero-order valence-corrected chi connectivity index (χ0v) is 17.3. The van der Waals surface area contributed by atoms with E-state index in [1.54, 1.807) is 0 Å². The lowest BCUT2D eigenvalue weighted by atomic mass is 10.1. The normalized spacial score (nSPS) is 10.5. The van der Waals surface area contributed by atoms with Gasteiger partial charge in [0.05, 0.1) is 6.61 Å². The minimum Gasteiger partial charge on any atom is -0.490 e. The zero-order chi connectivity index (χ0) is 19.1. The largest absolute Gasteiger partial charge is 0.490 e. The average molecular weight is 426 g/mol. The number of anilines is 1. The highest BCUT2D eigenvalue weighted by Gasteiger charge is 2.08. The van der Waals surface area contributed by atoms with Gasteiger partial charge in [0.1, 0.15) is 6.61 Å². The van der Waals surface area contributed by atoms with Crippen LogP contribution < -0.4 is 14.8 Å². The van der Waals surface area contributed by atoms with Crippen LogP contribution in [0.3, 0.4) is 0 Å². The Morgan fingerprint density at radius 1 is 0.889 bits per heavy atom. The first-order valence-electron chi connectivity index (χ1n) is 9.08. The number of rotatable bonds is 8. The van der Waals surface area contributed by atoms with Crippen molar-refractivity contribution in [3.05, 3.63) is 87.9 Å². The standard InChI is InChI=1S/C23H24BrNO2/c1-3-26-23-14-18(15-25-21-11-9-20(24)10-12-21)8-13-22(23)27-16-19-7-5-4-6-17(19)2/h4-14,25H,3,15-16H2,1-2H3. The third-order valence-electron chi connectivity index (χ3n) is 4.29. The summed E-state index contributed by atoms with van der Waals surface area (Å²) in [5.41, 5.74) is 4.63. The first-order valence-corrected chi connectivity index (χ1v) is 9.87. The Bertz CT molecular complexity index is 878. The lowest BCUT2D eigenvalue weighted by Crippen LogP contribution is -2.03. The molecule has 0 fully saturated rings. The molecule has 4 heteroatoms. The van der Waals surface area contributed by atoms with E-state index in [2.05, 4.69) is 46.4 Å². The molecule has 0 atom stereocenters. The second-order valence-electron chi connectivity index (χ2n) is 6.29. The molecule has 0 aliphatic carbocycles. The monoisotopic (exact) mass is 425 g/mol. The zero-order valence-electron chi connectivity index (χ0n) is 15.7. The van der Waals surface area contributed by atoms with Crippen molar-refractivity contribution in [2.75, 3.05) is 11.9 Å². The molecule has 3 nitrogen and oxygen atoms in total. The van der Waals surface area contributed by atoms with Gasteiger partial charge in [-0.2, -0.15) is 0 Å². The summed E-state index contributed by atoms with van der Waals surface area (Å²) in [5, 5.41) is 3.43. The molecular weight excluding hydrogens is 402 g/mol. The Kier molecular flexibility index (Phi) is 6.77. The summed E-state index contributed by atoms with van der Waals surface area (Å²) in [6.45, 7) is 5.93. The van der Waals surface area contributed by atoms with Crippen LogP contribution in [0.25, 0.3) is 0 Å². The van der Waals surface area contributed by atoms with Gasteiger partial charge in [-0.1, -0.05) is 46.3 Å². The summed E-state index contributed by atoms with van der Waals surface area (Å²) < 4.78 is 12.9. The van der Waals surface area contributed by atoms with E-state index < -0.39 is 0 Å². The Morgan fingerprint density at radius 2 is 1.67 bits per heavy atom. The highest BCUT2D eigenvalue weighted by Crippen LogP contribution is 2.30. The highest BCUT2D eigenvalue weighted by atomic mass is 79.9. The molecule has 0 aromatic heterocycles. The Hall–Kier alpha value is -2.46. The van der Waals surface area contributed by atoms with Crippen molar-refractivity contribution >= 4 is 21.6 Å². The van der Waals surface area contributed by atoms with Gasteiger partial charge >= 0.3 is 0 Å². The van der Waals surface area contributed by atoms with Crippen LogP contribution in [0, 0.1) is 6.92 Å². The van der Waals surface area contributed by atoms with Crippen molar-refractivity contribution in [2.45, 2.75) is 27.0 Å². The van der Waals surface area contributed by atoms with Gasteiger partial charge in [-0.3, -0.25) is 0 Å². The molecule has 27 heavy (non-hydrogen) atoms. The molecular formula is C23H24BrNO2. The minimum atomic E-state index is 0.531. The van der Waals surface area contributed by atoms with Crippen LogP contribution in [0.15, 0.2) is 71.2 Å². The third kappa shape index (κ3) is 5.51. The van der Waals surface area contributed by atoms with Crippen molar-refractivity contribution in [1.82, 2.24) is 0 Å². The summed E-state index contributed by atoms with van der Waals surface area (Å²) >= 11 is 3.45. The molecule has 0 bridgehead atoms. The summed E-state index contributed by atoms with van der Waals surface area (Å²) in [5.74, 6) is 1.55. The second kappa shape index (κ2) is 9.47. The van der Waals surface area contributed by atoms with E-state index in [0.717, 1.165) is 33.8 Å². The SMILES string of the molecule is CCOc1cc(CNc2ccc(Br)cc2)ccc1OCc1ccccc1C. The van der Waals surface area contributed by atoms with Crippen molar-refractivity contribution in [3.63, 3.8) is 0 Å². The molecule has 0 radical (unpaired) electrons. The first-order chi connectivity index (χ1) is 13.2. The molecule has 3 aromatic rings. The predicted octanol–water partition coefficient (Wildman–Crippen LogP) is 6.35. The van der Waals surface area contributed by atoms with Gasteiger partial charge < -0.3 is 14.8 Å². The summed E-state index contributed by atoms with van der Waals surface area (Å²) in [6.07, 6.45) is 0. The minimum absolute atomic E-state index is 0.531. The maximum atomic E-state index is 6.04. The Morgan fingerprint density at radius 3 is 2.41 bits per heavy atom. The maximum absolute atomic E-state index is 6.04. The average Bonchev–Trinajstić information content (AvgIpc) is 2.68. The van der Waals surface area contributed by atoms with Gasteiger partial charge in [0.25, 0.3) is 0 Å². The van der Waals surface area contributed by atoms with Gasteiger partial charge in [0, 0.05) is 16.7 Å². The number of aryl methyl sites for hydroxylation is 1. The first kappa shape index (κ1) is 19.3. The summed E-state index contributed by atoms with van der Waals surface area (Å²) in [7, 11) is 0. The predicted molar refractivity (Wildman–Crippen MR) is 115 cm³/mol. The van der Waals surface area contributed by atoms with Crippen LogP contribution in [0.1, 0.15) is 23.6 Å². The summed E-state index contributed by atoms with van der Waals surface area (Å²) in [4.78, 5) is 0. The molecule has 0 heterocycles. The fourth-order valence-electron chi connectivity index (χ4n) is 2.75. The van der Waals surface area contributed by atoms with Crippen LogP contribution in [-0.2, 0) is 13.2 Å². The van der Waals surface area contributed by atoms with Crippen molar-refractivity contribution in [2.24, 2.45) is 0 Å². The quantitative estimate of drug-likeness (QED) is 0.456. The van der Waals surface area contributed by atoms with Gasteiger partial charge in [0.2, 0.25) is 0 Å². The molecule has 0 spiro atoms. The smallest absolute Gasteiger partial charge is 0.161 e. The summed E-state index contributed by atoms with van der Waals surface area (Å²) in [6, 6.07) is 22.5. The van der Waals surface area contributed by atoms with Crippen LogP contribution in [0.5, 0.6) is 11.5 Å². The van der Waals surface area contributed by atoms with E-state index in [-0.39, 0.29) is 0 Å². The van der Waals surface area contributed by atoms with Crippen LogP contribution in [-0.4, -0.2) is 6.61 Å². The number of nitrogens with one attached hydrogen (secondary N) is 1. The number of ether oxygens (including phenoxy) is 2. The molecule has 3 aromatic carbocycles. The number of halogens is 1. The van der Waals surface area contributed by atoms with Crippen molar-refractivity contribution in [3.8, 4) is 11.5 Å². The third-order valence-corrected chi connectivity index (χ3v) is 4.82. The topological polar surface area (TPSA) is 30.5 Å². The Balaban J connectivity index is 1.68. The molecule has 0 saturated heterocycles. The molecule has 0 aliphatic heterocycles. The molecule has 140 valence electrons. The van der Waals surface area contributed by atoms with Gasteiger partial charge in [-0.25, -0.2) is 0 Å². The van der Waals surface area contributed by atoms with Crippen molar-refractivity contribution < 1.29 is 9.47 Å². The highest BCUT2D eigenvalue weighted by molar-refractivity contribution is 9.10. The Labute approximate surface area is 169 Å². The van der Waals surface area contributed by atoms with E-state index in [1.165, 1.54) is 11.1 Å². The van der Waals surface area contributed by atoms with Crippen LogP contribution in [0.4, 0.5) is 5.69 Å². The molecule has 0 saturated carbocycles. The van der Waals surface area contributed by atoms with Gasteiger partial charge in [0.15, 0.2) is 11.5 Å². The lowest BCUT2D eigenvalue weighted by molar-refractivity contribution is 0.268. The maximum Gasteiger partial charge on any atom is 0.161 e. The molecule has 3 rings (SSSR count). The van der Waals surface area contributed by atoms with E-state index in [4.69, 9.17) is 9.47 Å². The number of hydrogen-bond acceptors (Lipinski definition) is 3. The van der Waals surface area contributed by atoms with Crippen molar-refractivity contribution in [1.29, 1.82) is 0 Å². The number of benzene rings is 3. The fourth-order valence-corrected chi connectivity index (χ4v) is 3.01. The van der Waals surface area contributed by atoms with E-state index in [9.17, 15) is 0 Å². The molecule has 0 aliphatic rings. The molecule has 0 amide bonds.